The Balaban J connectivity index is 2.10. The second kappa shape index (κ2) is 9.73. The van der Waals surface area contributed by atoms with E-state index in [4.69, 9.17) is 10.5 Å². The Hall–Kier alpha value is -2.61. The summed E-state index contributed by atoms with van der Waals surface area (Å²) in [4.78, 5) is 40.2. The van der Waals surface area contributed by atoms with Crippen LogP contribution in [0.4, 0.5) is 4.79 Å². The lowest BCUT2D eigenvalue weighted by atomic mass is 10.0. The Morgan fingerprint density at radius 1 is 1.17 bits per heavy atom. The molecule has 1 saturated heterocycles. The van der Waals surface area contributed by atoms with Crippen LogP contribution in [0, 0.1) is 0 Å². The molecule has 1 heterocycles. The fraction of sp³-hybridized carbons (Fsp3) is 0.571. The number of benzene rings is 1. The van der Waals surface area contributed by atoms with Crippen molar-refractivity contribution in [2.75, 3.05) is 26.7 Å². The minimum atomic E-state index is -0.822. The van der Waals surface area contributed by atoms with E-state index in [2.05, 4.69) is 4.74 Å². The van der Waals surface area contributed by atoms with Crippen LogP contribution in [-0.2, 0) is 19.1 Å². The van der Waals surface area contributed by atoms with Crippen molar-refractivity contribution >= 4 is 18.0 Å². The van der Waals surface area contributed by atoms with Gasteiger partial charge in [-0.05, 0) is 32.8 Å². The molecule has 2 rings (SSSR count). The van der Waals surface area contributed by atoms with E-state index in [0.717, 1.165) is 5.56 Å². The number of nitrogens with zero attached hydrogens (tertiary/aromatic N) is 2. The Morgan fingerprint density at radius 2 is 1.83 bits per heavy atom. The Bertz CT molecular complexity index is 717. The molecule has 0 radical (unpaired) electrons. The van der Waals surface area contributed by atoms with Gasteiger partial charge in [0, 0.05) is 26.1 Å². The van der Waals surface area contributed by atoms with Crippen LogP contribution in [0.1, 0.15) is 45.2 Å². The number of esters is 1. The molecule has 8 heteroatoms. The van der Waals surface area contributed by atoms with Crippen LogP contribution in [0.5, 0.6) is 0 Å². The highest BCUT2D eigenvalue weighted by Crippen LogP contribution is 2.27. The van der Waals surface area contributed by atoms with Gasteiger partial charge in [0.1, 0.15) is 11.6 Å². The van der Waals surface area contributed by atoms with E-state index in [1.165, 1.54) is 7.11 Å². The molecule has 1 aliphatic rings. The third kappa shape index (κ3) is 6.45. The summed E-state index contributed by atoms with van der Waals surface area (Å²) >= 11 is 0. The van der Waals surface area contributed by atoms with E-state index < -0.39 is 23.7 Å². The topological polar surface area (TPSA) is 102 Å². The van der Waals surface area contributed by atoms with Crippen molar-refractivity contribution in [3.05, 3.63) is 35.9 Å². The smallest absolute Gasteiger partial charge is 0.410 e. The van der Waals surface area contributed by atoms with Crippen molar-refractivity contribution < 1.29 is 23.9 Å². The molecule has 29 heavy (non-hydrogen) atoms. The number of rotatable bonds is 5. The second-order valence-electron chi connectivity index (χ2n) is 8.11. The molecule has 1 fully saturated rings. The first-order valence-electron chi connectivity index (χ1n) is 9.78. The minimum absolute atomic E-state index is 0.103. The molecule has 0 saturated carbocycles. The summed E-state index contributed by atoms with van der Waals surface area (Å²) in [7, 11) is 1.27. The number of ether oxygens (including phenoxy) is 2. The van der Waals surface area contributed by atoms with E-state index >= 15 is 0 Å². The van der Waals surface area contributed by atoms with Crippen molar-refractivity contribution in [1.29, 1.82) is 0 Å². The van der Waals surface area contributed by atoms with Crippen molar-refractivity contribution in [3.8, 4) is 0 Å². The molecule has 2 atom stereocenters. The number of amides is 2. The van der Waals surface area contributed by atoms with Gasteiger partial charge in [-0.3, -0.25) is 14.5 Å². The molecule has 1 aromatic rings. The maximum absolute atomic E-state index is 12.7. The monoisotopic (exact) mass is 405 g/mol. The lowest BCUT2D eigenvalue weighted by molar-refractivity contribution is -0.142. The number of hydrogen-bond donors (Lipinski definition) is 1. The molecule has 2 N–H and O–H groups in total. The molecule has 160 valence electrons. The van der Waals surface area contributed by atoms with Crippen molar-refractivity contribution in [1.82, 2.24) is 9.80 Å². The van der Waals surface area contributed by atoms with Crippen molar-refractivity contribution in [2.45, 2.75) is 51.3 Å². The van der Waals surface area contributed by atoms with Gasteiger partial charge in [0.2, 0.25) is 5.91 Å². The fourth-order valence-electron chi connectivity index (χ4n) is 3.22. The Kier molecular flexibility index (Phi) is 7.61. The molecule has 1 unspecified atom stereocenters. The summed E-state index contributed by atoms with van der Waals surface area (Å²) in [5, 5.41) is 0. The highest BCUT2D eigenvalue weighted by atomic mass is 16.6. The van der Waals surface area contributed by atoms with Crippen LogP contribution in [0.25, 0.3) is 0 Å². The quantitative estimate of drug-likeness (QED) is 0.753. The van der Waals surface area contributed by atoms with E-state index in [0.29, 0.717) is 19.6 Å². The molecular formula is C21H31N3O5. The zero-order valence-corrected chi connectivity index (χ0v) is 17.6. The number of carbonyl (C=O) groups excluding carboxylic acids is 3. The highest BCUT2D eigenvalue weighted by molar-refractivity contribution is 5.79. The number of hydrogen-bond acceptors (Lipinski definition) is 6. The van der Waals surface area contributed by atoms with E-state index in [1.54, 1.807) is 9.80 Å². The fourth-order valence-corrected chi connectivity index (χ4v) is 3.22. The zero-order chi connectivity index (χ0) is 21.6. The largest absolute Gasteiger partial charge is 0.468 e. The van der Waals surface area contributed by atoms with Gasteiger partial charge in [0.05, 0.1) is 13.2 Å². The van der Waals surface area contributed by atoms with Crippen LogP contribution in [0.3, 0.4) is 0 Å². The summed E-state index contributed by atoms with van der Waals surface area (Å²) in [5.41, 5.74) is 6.06. The third-order valence-corrected chi connectivity index (χ3v) is 4.72. The lowest BCUT2D eigenvalue weighted by Crippen LogP contribution is -2.53. The SMILES string of the molecule is COC(=O)[C@@H](N)CCC(=O)N1CCN(C(=O)OC(C)(C)C)C(c2ccccc2)C1. The van der Waals surface area contributed by atoms with Gasteiger partial charge in [-0.15, -0.1) is 0 Å². The predicted molar refractivity (Wildman–Crippen MR) is 108 cm³/mol. The first-order chi connectivity index (χ1) is 13.6. The number of piperazine rings is 1. The highest BCUT2D eigenvalue weighted by Gasteiger charge is 2.35. The molecular weight excluding hydrogens is 374 g/mol. The van der Waals surface area contributed by atoms with Gasteiger partial charge >= 0.3 is 12.1 Å². The lowest BCUT2D eigenvalue weighted by Gasteiger charge is -2.42. The van der Waals surface area contributed by atoms with Crippen LogP contribution in [0.15, 0.2) is 30.3 Å². The summed E-state index contributed by atoms with van der Waals surface area (Å²) in [5.74, 6) is -0.635. The number of methoxy groups -OCH3 is 1. The average molecular weight is 405 g/mol. The van der Waals surface area contributed by atoms with Crippen LogP contribution in [0.2, 0.25) is 0 Å². The first-order valence-corrected chi connectivity index (χ1v) is 9.78. The van der Waals surface area contributed by atoms with Gasteiger partial charge in [-0.1, -0.05) is 30.3 Å². The molecule has 2 amide bonds. The summed E-state index contributed by atoms with van der Waals surface area (Å²) < 4.78 is 10.2. The molecule has 1 aromatic carbocycles. The minimum Gasteiger partial charge on any atom is -0.468 e. The van der Waals surface area contributed by atoms with Gasteiger partial charge in [-0.2, -0.15) is 0 Å². The van der Waals surface area contributed by atoms with E-state index in [1.807, 2.05) is 51.1 Å². The molecule has 0 spiro atoms. The van der Waals surface area contributed by atoms with Crippen LogP contribution in [-0.4, -0.2) is 66.2 Å². The maximum Gasteiger partial charge on any atom is 0.410 e. The van der Waals surface area contributed by atoms with Crippen molar-refractivity contribution in [3.63, 3.8) is 0 Å². The average Bonchev–Trinajstić information content (AvgIpc) is 2.70. The van der Waals surface area contributed by atoms with Gasteiger partial charge in [0.15, 0.2) is 0 Å². The van der Waals surface area contributed by atoms with Gasteiger partial charge in [-0.25, -0.2) is 4.79 Å². The van der Waals surface area contributed by atoms with Crippen LogP contribution < -0.4 is 5.73 Å². The Labute approximate surface area is 171 Å². The van der Waals surface area contributed by atoms with E-state index in [9.17, 15) is 14.4 Å². The molecule has 0 bridgehead atoms. The predicted octanol–water partition coefficient (Wildman–Crippen LogP) is 2.09. The van der Waals surface area contributed by atoms with E-state index in [-0.39, 0.29) is 24.8 Å². The van der Waals surface area contributed by atoms with Crippen molar-refractivity contribution in [2.24, 2.45) is 5.73 Å². The van der Waals surface area contributed by atoms with Gasteiger partial charge in [0.25, 0.3) is 0 Å². The summed E-state index contributed by atoms with van der Waals surface area (Å²) in [6, 6.07) is 8.44. The maximum atomic E-state index is 12.7. The standard InChI is InChI=1S/C21H31N3O5/c1-21(2,3)29-20(27)24-13-12-23(14-17(24)15-8-6-5-7-9-15)18(25)11-10-16(22)19(26)28-4/h5-9,16-17H,10-14,22H2,1-4H3/t16-,17?/m0/s1. The second-order valence-corrected chi connectivity index (χ2v) is 8.11. The zero-order valence-electron chi connectivity index (χ0n) is 17.6. The molecule has 8 nitrogen and oxygen atoms in total. The molecule has 0 aromatic heterocycles. The molecule has 0 aliphatic carbocycles. The normalized spacial score (nSPS) is 18.2. The Morgan fingerprint density at radius 3 is 2.41 bits per heavy atom. The number of nitrogens with two attached hydrogens (primary N) is 1. The third-order valence-electron chi connectivity index (χ3n) is 4.72. The van der Waals surface area contributed by atoms with Gasteiger partial charge < -0.3 is 20.1 Å². The summed E-state index contributed by atoms with van der Waals surface area (Å²) in [6.07, 6.45) is -0.0379. The number of carbonyl (C=O) groups is 3. The first kappa shape index (κ1) is 22.7. The molecule has 1 aliphatic heterocycles. The van der Waals surface area contributed by atoms with Crippen LogP contribution >= 0.6 is 0 Å². The summed E-state index contributed by atoms with van der Waals surface area (Å²) in [6.45, 7) is 6.60.